The van der Waals surface area contributed by atoms with Crippen molar-refractivity contribution in [2.24, 2.45) is 4.99 Å². The SMILES string of the molecule is C[N+](C)(C)CCN=C([O-])c1ccc2cc1OCCCCCCCCOc1ccc(cc1)CNc1nc(nc(OCC(F)(F)F)n1)N2. The Hall–Kier alpha value is -4.33. The molecule has 14 heteroatoms. The number of nitrogens with zero attached hydrogens (tertiary/aromatic N) is 5. The zero-order valence-electron chi connectivity index (χ0n) is 26.5. The minimum absolute atomic E-state index is 0.00714. The molecule has 2 aliphatic heterocycles. The van der Waals surface area contributed by atoms with Crippen molar-refractivity contribution >= 4 is 23.5 Å². The van der Waals surface area contributed by atoms with E-state index in [1.807, 2.05) is 45.4 Å². The minimum atomic E-state index is -4.58. The Kier molecular flexibility index (Phi) is 12.2. The van der Waals surface area contributed by atoms with Crippen LogP contribution in [0.25, 0.3) is 0 Å². The highest BCUT2D eigenvalue weighted by molar-refractivity contribution is 5.94. The number of hydrogen-bond acceptors (Lipinski definition) is 10. The van der Waals surface area contributed by atoms with Crippen molar-refractivity contribution in [3.05, 3.63) is 53.6 Å². The normalized spacial score (nSPS) is 15.6. The molecule has 0 aliphatic carbocycles. The number of anilines is 3. The first-order valence-corrected chi connectivity index (χ1v) is 15.4. The Morgan fingerprint density at radius 3 is 2.28 bits per heavy atom. The Labute approximate surface area is 267 Å². The van der Waals surface area contributed by atoms with Crippen LogP contribution in [0, 0.1) is 0 Å². The van der Waals surface area contributed by atoms with E-state index in [1.165, 1.54) is 0 Å². The van der Waals surface area contributed by atoms with Gasteiger partial charge in [-0.15, -0.1) is 0 Å². The molecule has 0 unspecified atom stereocenters. The number of halogens is 3. The summed E-state index contributed by atoms with van der Waals surface area (Å²) in [7, 11) is 6.07. The van der Waals surface area contributed by atoms with Gasteiger partial charge in [-0.1, -0.05) is 37.8 Å². The van der Waals surface area contributed by atoms with E-state index < -0.39 is 24.7 Å². The monoisotopic (exact) mass is 645 g/mol. The fourth-order valence-electron chi connectivity index (χ4n) is 4.43. The average molecular weight is 646 g/mol. The van der Waals surface area contributed by atoms with Crippen LogP contribution in [-0.4, -0.2) is 85.6 Å². The van der Waals surface area contributed by atoms with Crippen LogP contribution in [-0.2, 0) is 6.54 Å². The molecule has 3 heterocycles. The predicted octanol–water partition coefficient (Wildman–Crippen LogP) is 5.09. The maximum Gasteiger partial charge on any atom is 0.422 e. The number of rotatable bonds is 6. The highest BCUT2D eigenvalue weighted by Gasteiger charge is 2.29. The summed E-state index contributed by atoms with van der Waals surface area (Å²) in [5.41, 5.74) is 1.65. The molecule has 5 rings (SSSR count). The number of aliphatic imine (C=N–C) groups is 1. The van der Waals surface area contributed by atoms with Crippen LogP contribution in [0.2, 0.25) is 0 Å². The number of fused-ring (bicyclic) bond motifs is 12. The fourth-order valence-corrected chi connectivity index (χ4v) is 4.43. The minimum Gasteiger partial charge on any atom is -0.858 e. The number of ether oxygens (including phenoxy) is 3. The van der Waals surface area contributed by atoms with Gasteiger partial charge in [-0.2, -0.15) is 28.1 Å². The van der Waals surface area contributed by atoms with Crippen molar-refractivity contribution in [3.8, 4) is 17.5 Å². The lowest BCUT2D eigenvalue weighted by Gasteiger charge is -2.23. The molecule has 2 aromatic carbocycles. The molecular formula is C32H42F3N7O4. The van der Waals surface area contributed by atoms with Gasteiger partial charge >= 0.3 is 12.2 Å². The van der Waals surface area contributed by atoms with Crippen LogP contribution in [0.4, 0.5) is 30.8 Å². The third-order valence-corrected chi connectivity index (χ3v) is 6.91. The molecule has 3 aromatic rings. The van der Waals surface area contributed by atoms with E-state index in [9.17, 15) is 18.3 Å². The standard InChI is InChI=1S/C32H42F3N7O4/c1-42(2,3)17-16-36-28(43)26-15-12-24-20-27(26)45-19-9-7-5-4-6-8-18-44-25-13-10-23(11-14-25)21-37-29-39-30(38-24)41-31(40-29)46-22-32(33,34)35/h10-15,20H,4-9,16-19,21-22H2,1-3H3,(H2-,36,37,38,39,40,41,43). The number of alkyl halides is 3. The zero-order valence-corrected chi connectivity index (χ0v) is 26.5. The second-order valence-corrected chi connectivity index (χ2v) is 12.0. The van der Waals surface area contributed by atoms with Crippen molar-refractivity contribution in [2.75, 3.05) is 64.7 Å². The third-order valence-electron chi connectivity index (χ3n) is 6.91. The summed E-state index contributed by atoms with van der Waals surface area (Å²) >= 11 is 0. The van der Waals surface area contributed by atoms with Gasteiger partial charge in [0.1, 0.15) is 11.5 Å². The summed E-state index contributed by atoms with van der Waals surface area (Å²) in [6.45, 7) is 0.788. The van der Waals surface area contributed by atoms with E-state index in [2.05, 4.69) is 30.6 Å². The molecule has 0 fully saturated rings. The van der Waals surface area contributed by atoms with Crippen LogP contribution < -0.4 is 30.0 Å². The summed E-state index contributed by atoms with van der Waals surface area (Å²) in [6, 6.07) is 11.9. The van der Waals surface area contributed by atoms with Gasteiger partial charge in [-0.05, 0) is 48.6 Å². The number of likely N-dealkylation sites (N-methyl/N-ethyl adjacent to an activating group) is 1. The average Bonchev–Trinajstić information content (AvgIpc) is 2.99. The Bertz CT molecular complexity index is 1430. The highest BCUT2D eigenvalue weighted by atomic mass is 19.4. The van der Waals surface area contributed by atoms with Crippen LogP contribution in [0.5, 0.6) is 17.5 Å². The summed E-state index contributed by atoms with van der Waals surface area (Å²) in [6.07, 6.45) is 1.34. The van der Waals surface area contributed by atoms with Gasteiger partial charge in [0.2, 0.25) is 11.9 Å². The van der Waals surface area contributed by atoms with E-state index in [0.717, 1.165) is 49.8 Å². The van der Waals surface area contributed by atoms with Crippen molar-refractivity contribution in [1.29, 1.82) is 0 Å². The van der Waals surface area contributed by atoms with Crippen LogP contribution in [0.1, 0.15) is 49.7 Å². The Balaban J connectivity index is 1.61. The third kappa shape index (κ3) is 12.2. The van der Waals surface area contributed by atoms with Gasteiger partial charge in [-0.3, -0.25) is 4.99 Å². The number of quaternary nitrogens is 1. The van der Waals surface area contributed by atoms with Crippen molar-refractivity contribution in [3.63, 3.8) is 0 Å². The molecule has 0 saturated carbocycles. The maximum atomic E-state index is 13.1. The number of aromatic nitrogens is 3. The fraction of sp³-hybridized carbons (Fsp3) is 0.500. The first-order valence-electron chi connectivity index (χ1n) is 15.4. The second-order valence-electron chi connectivity index (χ2n) is 12.0. The topological polar surface area (TPSA) is 126 Å². The van der Waals surface area contributed by atoms with Gasteiger partial charge in [0.15, 0.2) is 6.61 Å². The molecule has 11 nitrogen and oxygen atoms in total. The van der Waals surface area contributed by atoms with Gasteiger partial charge in [0, 0.05) is 23.9 Å². The van der Waals surface area contributed by atoms with E-state index in [4.69, 9.17) is 14.2 Å². The lowest BCUT2D eigenvalue weighted by Crippen LogP contribution is -2.37. The number of benzene rings is 2. The molecule has 2 aliphatic rings. The lowest BCUT2D eigenvalue weighted by molar-refractivity contribution is -0.868. The summed E-state index contributed by atoms with van der Waals surface area (Å²) in [4.78, 5) is 16.6. The first kappa shape index (κ1) is 34.5. The van der Waals surface area contributed by atoms with Gasteiger partial charge in [-0.25, -0.2) is 0 Å². The quantitative estimate of drug-likeness (QED) is 0.214. The lowest BCUT2D eigenvalue weighted by atomic mass is 10.1. The van der Waals surface area contributed by atoms with Crippen molar-refractivity contribution < 1.29 is 37.0 Å². The largest absolute Gasteiger partial charge is 0.858 e. The van der Waals surface area contributed by atoms with E-state index >= 15 is 0 Å². The van der Waals surface area contributed by atoms with E-state index in [-0.39, 0.29) is 18.4 Å². The molecular weight excluding hydrogens is 603 g/mol. The van der Waals surface area contributed by atoms with E-state index in [0.29, 0.717) is 47.8 Å². The summed E-state index contributed by atoms with van der Waals surface area (Å²) in [5.74, 6) is 0.650. The van der Waals surface area contributed by atoms with Gasteiger partial charge in [0.05, 0.1) is 47.4 Å². The predicted molar refractivity (Wildman–Crippen MR) is 168 cm³/mol. The van der Waals surface area contributed by atoms with Crippen LogP contribution in [0.15, 0.2) is 47.5 Å². The molecule has 0 amide bonds. The van der Waals surface area contributed by atoms with Gasteiger partial charge < -0.3 is 34.4 Å². The van der Waals surface area contributed by atoms with Crippen molar-refractivity contribution in [1.82, 2.24) is 15.0 Å². The molecule has 0 atom stereocenters. The summed E-state index contributed by atoms with van der Waals surface area (Å²) in [5, 5.41) is 19.1. The van der Waals surface area contributed by atoms with Crippen LogP contribution >= 0.6 is 0 Å². The smallest absolute Gasteiger partial charge is 0.422 e. The number of nitrogens with one attached hydrogen (secondary N) is 2. The molecule has 1 aromatic heterocycles. The van der Waals surface area contributed by atoms with E-state index in [1.54, 1.807) is 18.2 Å². The first-order chi connectivity index (χ1) is 21.9. The summed E-state index contributed by atoms with van der Waals surface area (Å²) < 4.78 is 56.2. The molecule has 46 heavy (non-hydrogen) atoms. The zero-order chi connectivity index (χ0) is 33.0. The number of hydrogen-bond donors (Lipinski definition) is 2. The Morgan fingerprint density at radius 2 is 1.59 bits per heavy atom. The van der Waals surface area contributed by atoms with Crippen molar-refractivity contribution in [2.45, 2.75) is 51.2 Å². The molecule has 0 spiro atoms. The molecule has 250 valence electrons. The molecule has 0 saturated heterocycles. The van der Waals surface area contributed by atoms with Gasteiger partial charge in [0.25, 0.3) is 0 Å². The molecule has 0 radical (unpaired) electrons. The van der Waals surface area contributed by atoms with Crippen LogP contribution in [0.3, 0.4) is 0 Å². The maximum absolute atomic E-state index is 13.1. The molecule has 6 bridgehead atoms. The highest BCUT2D eigenvalue weighted by Crippen LogP contribution is 2.27. The Morgan fingerprint density at radius 1 is 0.913 bits per heavy atom. The molecule has 2 N–H and O–H groups in total. The second kappa shape index (κ2) is 16.3.